The van der Waals surface area contributed by atoms with Crippen molar-refractivity contribution < 1.29 is 23.5 Å². The maximum atomic E-state index is 12.0. The third-order valence-electron chi connectivity index (χ3n) is 5.91. The number of ketones is 1. The van der Waals surface area contributed by atoms with Crippen LogP contribution in [0.2, 0.25) is 0 Å². The molecule has 0 unspecified atom stereocenters. The van der Waals surface area contributed by atoms with Crippen LogP contribution in [0.5, 0.6) is 5.75 Å². The lowest BCUT2D eigenvalue weighted by molar-refractivity contribution is 0.0945. The summed E-state index contributed by atoms with van der Waals surface area (Å²) in [7, 11) is 2.94. The average molecular weight is 492 g/mol. The Bertz CT molecular complexity index is 1330. The van der Waals surface area contributed by atoms with Crippen LogP contribution in [0.15, 0.2) is 47.3 Å². The summed E-state index contributed by atoms with van der Waals surface area (Å²) in [5, 5.41) is 3.83. The van der Waals surface area contributed by atoms with Gasteiger partial charge in [-0.15, -0.1) is 0 Å². The van der Waals surface area contributed by atoms with Crippen molar-refractivity contribution in [1.29, 1.82) is 0 Å². The van der Waals surface area contributed by atoms with Crippen molar-refractivity contribution in [2.75, 3.05) is 14.2 Å². The summed E-state index contributed by atoms with van der Waals surface area (Å²) in [5.74, 6) is 1.30. The minimum absolute atomic E-state index is 0.116. The number of nitrogens with one attached hydrogen (secondary N) is 2. The molecular weight excluding hydrogens is 462 g/mol. The fourth-order valence-electron chi connectivity index (χ4n) is 4.04. The molecule has 3 heterocycles. The highest BCUT2D eigenvalue weighted by Gasteiger charge is 2.20. The maximum absolute atomic E-state index is 12.0. The van der Waals surface area contributed by atoms with Crippen LogP contribution in [0.1, 0.15) is 60.3 Å². The molecule has 1 amide bonds. The number of carbonyl (C=O) groups is 2. The first-order valence-corrected chi connectivity index (χ1v) is 11.8. The number of hydrogen-bond acceptors (Lipinski definition) is 8. The molecule has 4 aromatic rings. The monoisotopic (exact) mass is 491 g/mol. The normalized spacial score (nSPS) is 11.9. The lowest BCUT2D eigenvalue weighted by atomic mass is 10.1. The number of pyridine rings is 1. The van der Waals surface area contributed by atoms with Gasteiger partial charge in [-0.3, -0.25) is 9.78 Å². The molecule has 0 aliphatic rings. The van der Waals surface area contributed by atoms with E-state index in [-0.39, 0.29) is 17.7 Å². The van der Waals surface area contributed by atoms with E-state index in [1.165, 1.54) is 19.6 Å². The van der Waals surface area contributed by atoms with Gasteiger partial charge in [0.15, 0.2) is 0 Å². The van der Waals surface area contributed by atoms with Crippen LogP contribution in [-0.2, 0) is 4.74 Å². The number of benzene rings is 1. The van der Waals surface area contributed by atoms with E-state index in [1.807, 2.05) is 31.2 Å². The van der Waals surface area contributed by atoms with Crippen LogP contribution in [0, 0.1) is 6.92 Å². The van der Waals surface area contributed by atoms with Crippen LogP contribution < -0.4 is 10.1 Å². The average Bonchev–Trinajstić information content (AvgIpc) is 3.59. The molecule has 0 radical (unpaired) electrons. The van der Waals surface area contributed by atoms with E-state index in [9.17, 15) is 9.59 Å². The first-order chi connectivity index (χ1) is 17.5. The zero-order valence-electron chi connectivity index (χ0n) is 20.5. The molecule has 3 aromatic heterocycles. The lowest BCUT2D eigenvalue weighted by Crippen LogP contribution is -2.29. The van der Waals surface area contributed by atoms with Crippen LogP contribution in [0.4, 0.5) is 4.79 Å². The summed E-state index contributed by atoms with van der Waals surface area (Å²) < 4.78 is 15.5. The van der Waals surface area contributed by atoms with Crippen LogP contribution in [-0.4, -0.2) is 46.0 Å². The number of fused-ring (bicyclic) bond motifs is 1. The molecule has 4 rings (SSSR count). The van der Waals surface area contributed by atoms with Crippen LogP contribution in [0.3, 0.4) is 0 Å². The summed E-state index contributed by atoms with van der Waals surface area (Å²) in [6.45, 7) is 1.95. The first kappa shape index (κ1) is 24.9. The number of hydrogen-bond donors (Lipinski definition) is 2. The number of oxazole rings is 1. The van der Waals surface area contributed by atoms with Crippen molar-refractivity contribution in [3.63, 3.8) is 0 Å². The van der Waals surface area contributed by atoms with Crippen molar-refractivity contribution in [3.8, 4) is 17.0 Å². The number of methoxy groups -OCH3 is 2. The standard InChI is InChI=1S/C26H29N5O5/c1-16-9-10-17-13-18(23(34-2)14-20(17)29-16)21-15-28-24(30-21)19(31-26(33)35-3)7-5-4-6-8-22(32)25-27-11-12-36-25/h9-15,19H,4-8H2,1-3H3,(H,28,30)(H,31,33)/t19-/m0/s1. The third kappa shape index (κ3) is 5.88. The Kier molecular flexibility index (Phi) is 7.94. The van der Waals surface area contributed by atoms with Gasteiger partial charge >= 0.3 is 6.09 Å². The SMILES string of the molecule is COC(=O)N[C@@H](CCCCCC(=O)c1ncco1)c1ncc(-c2cc3ccc(C)nc3cc2OC)[nH]1. The van der Waals surface area contributed by atoms with Gasteiger partial charge in [-0.1, -0.05) is 18.9 Å². The molecular formula is C26H29N5O5. The van der Waals surface area contributed by atoms with Crippen molar-refractivity contribution in [2.45, 2.75) is 45.1 Å². The molecule has 1 atom stereocenters. The molecule has 10 heteroatoms. The predicted octanol–water partition coefficient (Wildman–Crippen LogP) is 5.16. The zero-order valence-corrected chi connectivity index (χ0v) is 20.5. The third-order valence-corrected chi connectivity index (χ3v) is 5.91. The van der Waals surface area contributed by atoms with E-state index in [1.54, 1.807) is 13.3 Å². The highest BCUT2D eigenvalue weighted by atomic mass is 16.5. The molecule has 0 fully saturated rings. The number of Topliss-reactive ketones (excluding diaryl/α,β-unsaturated/α-hetero) is 1. The molecule has 0 saturated heterocycles. The number of alkyl carbamates (subject to hydrolysis) is 1. The molecule has 0 spiro atoms. The second-order valence-corrected chi connectivity index (χ2v) is 8.43. The number of ether oxygens (including phenoxy) is 2. The van der Waals surface area contributed by atoms with Gasteiger partial charge in [0.05, 0.1) is 43.9 Å². The minimum Gasteiger partial charge on any atom is -0.496 e. The fraction of sp³-hybridized carbons (Fsp3) is 0.346. The topological polar surface area (TPSA) is 132 Å². The van der Waals surface area contributed by atoms with Gasteiger partial charge in [0.25, 0.3) is 5.89 Å². The number of rotatable bonds is 11. The summed E-state index contributed by atoms with van der Waals surface area (Å²) in [4.78, 5) is 40.4. The predicted molar refractivity (Wildman–Crippen MR) is 133 cm³/mol. The zero-order chi connectivity index (χ0) is 25.5. The molecule has 0 aliphatic carbocycles. The van der Waals surface area contributed by atoms with Gasteiger partial charge in [-0.05, 0) is 31.9 Å². The number of aryl methyl sites for hydroxylation is 1. The quantitative estimate of drug-likeness (QED) is 0.217. The Morgan fingerprint density at radius 1 is 1.14 bits per heavy atom. The van der Waals surface area contributed by atoms with Gasteiger partial charge in [-0.2, -0.15) is 0 Å². The second-order valence-electron chi connectivity index (χ2n) is 8.43. The number of aromatic nitrogens is 4. The Hall–Kier alpha value is -4.21. The van der Waals surface area contributed by atoms with Crippen LogP contribution in [0.25, 0.3) is 22.2 Å². The number of aromatic amines is 1. The molecule has 188 valence electrons. The van der Waals surface area contributed by atoms with E-state index >= 15 is 0 Å². The summed E-state index contributed by atoms with van der Waals surface area (Å²) in [5.41, 5.74) is 3.38. The molecule has 2 N–H and O–H groups in total. The van der Waals surface area contributed by atoms with E-state index in [2.05, 4.69) is 25.3 Å². The van der Waals surface area contributed by atoms with Crippen LogP contribution >= 0.6 is 0 Å². The maximum Gasteiger partial charge on any atom is 0.407 e. The van der Waals surface area contributed by atoms with Crippen molar-refractivity contribution in [3.05, 3.63) is 60.3 Å². The number of unbranched alkanes of at least 4 members (excludes halogenated alkanes) is 2. The van der Waals surface area contributed by atoms with E-state index in [0.29, 0.717) is 30.8 Å². The summed E-state index contributed by atoms with van der Waals surface area (Å²) >= 11 is 0. The Labute approximate surface area is 208 Å². The molecule has 36 heavy (non-hydrogen) atoms. The summed E-state index contributed by atoms with van der Waals surface area (Å²) in [6, 6.07) is 7.51. The molecule has 0 saturated carbocycles. The number of imidazole rings is 1. The van der Waals surface area contributed by atoms with Crippen molar-refractivity contribution >= 4 is 22.8 Å². The lowest BCUT2D eigenvalue weighted by Gasteiger charge is -2.16. The second kappa shape index (κ2) is 11.5. The number of amides is 1. The first-order valence-electron chi connectivity index (χ1n) is 11.8. The smallest absolute Gasteiger partial charge is 0.407 e. The van der Waals surface area contributed by atoms with Crippen molar-refractivity contribution in [1.82, 2.24) is 25.3 Å². The van der Waals surface area contributed by atoms with Gasteiger partial charge in [0.1, 0.15) is 17.8 Å². The molecule has 10 nitrogen and oxygen atoms in total. The summed E-state index contributed by atoms with van der Waals surface area (Å²) in [6.07, 6.45) is 7.27. The number of H-pyrrole nitrogens is 1. The van der Waals surface area contributed by atoms with Crippen molar-refractivity contribution in [2.24, 2.45) is 0 Å². The van der Waals surface area contributed by atoms with Gasteiger partial charge in [-0.25, -0.2) is 14.8 Å². The van der Waals surface area contributed by atoms with E-state index in [0.717, 1.165) is 40.7 Å². The highest BCUT2D eigenvalue weighted by molar-refractivity contribution is 5.91. The Balaban J connectivity index is 1.46. The molecule has 0 bridgehead atoms. The van der Waals surface area contributed by atoms with E-state index < -0.39 is 6.09 Å². The minimum atomic E-state index is -0.540. The van der Waals surface area contributed by atoms with Gasteiger partial charge in [0.2, 0.25) is 5.78 Å². The highest BCUT2D eigenvalue weighted by Crippen LogP contribution is 2.33. The number of carbonyl (C=O) groups excluding carboxylic acids is 2. The fourth-order valence-corrected chi connectivity index (χ4v) is 4.04. The van der Waals surface area contributed by atoms with Gasteiger partial charge in [0, 0.05) is 29.1 Å². The Morgan fingerprint density at radius 3 is 2.75 bits per heavy atom. The van der Waals surface area contributed by atoms with E-state index in [4.69, 9.17) is 13.9 Å². The largest absolute Gasteiger partial charge is 0.496 e. The number of nitrogens with zero attached hydrogens (tertiary/aromatic N) is 3. The Morgan fingerprint density at radius 2 is 2.00 bits per heavy atom. The molecule has 1 aromatic carbocycles. The van der Waals surface area contributed by atoms with Gasteiger partial charge < -0.3 is 24.2 Å². The molecule has 0 aliphatic heterocycles.